The molecule has 0 aliphatic heterocycles. The maximum absolute atomic E-state index is 13.7. The highest BCUT2D eigenvalue weighted by Gasteiger charge is 2.29. The number of ether oxygens (including phenoxy) is 5. The van der Waals surface area contributed by atoms with Crippen LogP contribution in [0.15, 0.2) is 69.9 Å². The number of aromatic nitrogens is 1. The summed E-state index contributed by atoms with van der Waals surface area (Å²) in [4.78, 5) is 27.3. The van der Waals surface area contributed by atoms with Crippen molar-refractivity contribution in [3.8, 4) is 34.1 Å². The molecule has 0 aliphatic carbocycles. The summed E-state index contributed by atoms with van der Waals surface area (Å²) in [7, 11) is 6.25. The maximum atomic E-state index is 13.7. The second-order valence-corrected chi connectivity index (χ2v) is 9.24. The zero-order valence-electron chi connectivity index (χ0n) is 23.6. The number of fused-ring (bicyclic) bond motifs is 3. The van der Waals surface area contributed by atoms with Crippen LogP contribution in [0.3, 0.4) is 0 Å². The lowest BCUT2D eigenvalue weighted by Crippen LogP contribution is -2.17. The number of hydrogen-bond donors (Lipinski definition) is 0. The summed E-state index contributed by atoms with van der Waals surface area (Å²) in [6.45, 7) is 2.23. The predicted octanol–water partition coefficient (Wildman–Crippen LogP) is 5.87. The highest BCUT2D eigenvalue weighted by Crippen LogP contribution is 2.42. The molecule has 3 aromatic carbocycles. The molecule has 0 saturated heterocycles. The van der Waals surface area contributed by atoms with Crippen molar-refractivity contribution in [3.63, 3.8) is 0 Å². The van der Waals surface area contributed by atoms with Crippen molar-refractivity contribution >= 4 is 27.8 Å². The highest BCUT2D eigenvalue weighted by molar-refractivity contribution is 6.18. The first-order valence-electron chi connectivity index (χ1n) is 13.1. The fourth-order valence-corrected chi connectivity index (χ4v) is 5.09. The highest BCUT2D eigenvalue weighted by atomic mass is 16.5. The summed E-state index contributed by atoms with van der Waals surface area (Å²) in [6.07, 6.45) is 0.533. The molecule has 212 valence electrons. The van der Waals surface area contributed by atoms with Gasteiger partial charge in [0.1, 0.15) is 28.3 Å². The number of nitrogens with zero attached hydrogens (tertiary/aromatic N) is 1. The van der Waals surface area contributed by atoms with Gasteiger partial charge in [-0.3, -0.25) is 0 Å². The molecule has 0 fully saturated rings. The second-order valence-electron chi connectivity index (χ2n) is 9.24. The quantitative estimate of drug-likeness (QED) is 0.155. The Kier molecular flexibility index (Phi) is 7.87. The van der Waals surface area contributed by atoms with Crippen molar-refractivity contribution in [2.75, 3.05) is 35.0 Å². The molecule has 0 N–H and O–H groups in total. The number of carbonyl (C=O) groups is 1. The predicted molar refractivity (Wildman–Crippen MR) is 156 cm³/mol. The van der Waals surface area contributed by atoms with Crippen LogP contribution in [0, 0.1) is 0 Å². The van der Waals surface area contributed by atoms with Crippen molar-refractivity contribution < 1.29 is 32.9 Å². The Balaban J connectivity index is 1.85. The van der Waals surface area contributed by atoms with Crippen molar-refractivity contribution in [2.24, 2.45) is 0 Å². The number of carbonyl (C=O) groups excluding carboxylic acids is 1. The van der Waals surface area contributed by atoms with Gasteiger partial charge in [-0.25, -0.2) is 9.59 Å². The molecule has 9 heteroatoms. The standard InChI is InChI=1S/C32H31NO8/c1-6-40-31(34)29-27(20-9-13-22(37-3)14-10-20)28-23-17-25(38-4)26(39-5)18-24(23)41-32(35)30(28)33(29)16-15-19-7-11-21(36-2)12-8-19/h7-14,17-18H,6,15-16H2,1-5H3. The minimum absolute atomic E-state index is 0.168. The average molecular weight is 558 g/mol. The van der Waals surface area contributed by atoms with Crippen LogP contribution in [0.25, 0.3) is 33.0 Å². The largest absolute Gasteiger partial charge is 0.497 e. The molecular formula is C32H31NO8. The maximum Gasteiger partial charge on any atom is 0.361 e. The molecule has 5 aromatic rings. The van der Waals surface area contributed by atoms with E-state index in [1.54, 1.807) is 37.8 Å². The smallest absolute Gasteiger partial charge is 0.361 e. The SMILES string of the molecule is CCOC(=O)c1c(-c2ccc(OC)cc2)c2c3cc(OC)c(OC)cc3oc(=O)c2n1CCc1ccc(OC)cc1. The first-order valence-corrected chi connectivity index (χ1v) is 13.1. The number of aryl methyl sites for hydroxylation is 2. The first kappa shape index (κ1) is 27.6. The molecule has 2 heterocycles. The van der Waals surface area contributed by atoms with Crippen LogP contribution >= 0.6 is 0 Å². The van der Waals surface area contributed by atoms with Crippen molar-refractivity contribution in [2.45, 2.75) is 19.9 Å². The molecule has 0 amide bonds. The van der Waals surface area contributed by atoms with Gasteiger partial charge in [0, 0.05) is 28.9 Å². The normalized spacial score (nSPS) is 11.0. The number of hydrogen-bond acceptors (Lipinski definition) is 8. The van der Waals surface area contributed by atoms with Crippen LogP contribution in [-0.2, 0) is 17.7 Å². The summed E-state index contributed by atoms with van der Waals surface area (Å²) in [5, 5.41) is 1.15. The zero-order chi connectivity index (χ0) is 29.1. The lowest BCUT2D eigenvalue weighted by atomic mass is 9.99. The minimum Gasteiger partial charge on any atom is -0.497 e. The Morgan fingerprint density at radius 1 is 0.829 bits per heavy atom. The Hall–Kier alpha value is -4.92. The van der Waals surface area contributed by atoms with Gasteiger partial charge < -0.3 is 32.7 Å². The molecule has 0 bridgehead atoms. The van der Waals surface area contributed by atoms with Crippen LogP contribution in [0.4, 0.5) is 0 Å². The molecule has 0 saturated carbocycles. The van der Waals surface area contributed by atoms with Crippen LogP contribution < -0.4 is 24.6 Å². The third kappa shape index (κ3) is 5.06. The van der Waals surface area contributed by atoms with E-state index in [1.165, 1.54) is 14.2 Å². The molecule has 0 atom stereocenters. The van der Waals surface area contributed by atoms with Gasteiger partial charge in [-0.2, -0.15) is 0 Å². The van der Waals surface area contributed by atoms with E-state index in [0.717, 1.165) is 11.3 Å². The lowest BCUT2D eigenvalue weighted by Gasteiger charge is -2.12. The topological polar surface area (TPSA) is 98.4 Å². The summed E-state index contributed by atoms with van der Waals surface area (Å²) in [6, 6.07) is 18.3. The Labute approximate surface area is 236 Å². The summed E-state index contributed by atoms with van der Waals surface area (Å²) < 4.78 is 34.7. The monoisotopic (exact) mass is 557 g/mol. The Morgan fingerprint density at radius 2 is 1.44 bits per heavy atom. The van der Waals surface area contributed by atoms with Gasteiger partial charge in [0.05, 0.1) is 35.0 Å². The van der Waals surface area contributed by atoms with Gasteiger partial charge >= 0.3 is 11.6 Å². The minimum atomic E-state index is -0.584. The van der Waals surface area contributed by atoms with Gasteiger partial charge in [0.2, 0.25) is 0 Å². The third-order valence-electron chi connectivity index (χ3n) is 7.05. The van der Waals surface area contributed by atoms with Gasteiger partial charge in [-0.1, -0.05) is 24.3 Å². The third-order valence-corrected chi connectivity index (χ3v) is 7.05. The van der Waals surface area contributed by atoms with Crippen molar-refractivity contribution in [3.05, 3.63) is 82.3 Å². The Bertz CT molecular complexity index is 1770. The van der Waals surface area contributed by atoms with E-state index < -0.39 is 11.6 Å². The molecule has 2 aromatic heterocycles. The molecule has 0 aliphatic rings. The molecule has 5 rings (SSSR count). The van der Waals surface area contributed by atoms with Gasteiger partial charge in [0.15, 0.2) is 11.5 Å². The molecule has 9 nitrogen and oxygen atoms in total. The van der Waals surface area contributed by atoms with Gasteiger partial charge in [0.25, 0.3) is 0 Å². The van der Waals surface area contributed by atoms with Gasteiger partial charge in [-0.15, -0.1) is 0 Å². The number of methoxy groups -OCH3 is 4. The van der Waals surface area contributed by atoms with Crippen molar-refractivity contribution in [1.82, 2.24) is 4.57 Å². The number of esters is 1. The van der Waals surface area contributed by atoms with E-state index in [-0.39, 0.29) is 17.8 Å². The fraction of sp³-hybridized carbons (Fsp3) is 0.250. The molecule has 0 spiro atoms. The average Bonchev–Trinajstić information content (AvgIpc) is 3.35. The van der Waals surface area contributed by atoms with E-state index in [1.807, 2.05) is 48.5 Å². The Morgan fingerprint density at radius 3 is 2.02 bits per heavy atom. The molecule has 0 unspecified atom stereocenters. The van der Waals surface area contributed by atoms with Crippen molar-refractivity contribution in [1.29, 1.82) is 0 Å². The van der Waals surface area contributed by atoms with E-state index in [0.29, 0.717) is 57.7 Å². The summed E-state index contributed by atoms with van der Waals surface area (Å²) in [5.74, 6) is 1.73. The summed E-state index contributed by atoms with van der Waals surface area (Å²) >= 11 is 0. The van der Waals surface area contributed by atoms with E-state index in [2.05, 4.69) is 0 Å². The van der Waals surface area contributed by atoms with E-state index in [9.17, 15) is 9.59 Å². The number of rotatable bonds is 10. The molecule has 0 radical (unpaired) electrons. The fourth-order valence-electron chi connectivity index (χ4n) is 5.09. The van der Waals surface area contributed by atoms with Crippen LogP contribution in [0.2, 0.25) is 0 Å². The number of benzene rings is 3. The van der Waals surface area contributed by atoms with Crippen LogP contribution in [0.1, 0.15) is 23.0 Å². The second kappa shape index (κ2) is 11.7. The zero-order valence-corrected chi connectivity index (χ0v) is 23.6. The first-order chi connectivity index (χ1) is 19.9. The van der Waals surface area contributed by atoms with Gasteiger partial charge in [-0.05, 0) is 54.8 Å². The lowest BCUT2D eigenvalue weighted by molar-refractivity contribution is 0.0515. The summed E-state index contributed by atoms with van der Waals surface area (Å²) in [5.41, 5.74) is 2.51. The van der Waals surface area contributed by atoms with Crippen LogP contribution in [0.5, 0.6) is 23.0 Å². The molecule has 41 heavy (non-hydrogen) atoms. The molecular weight excluding hydrogens is 526 g/mol. The van der Waals surface area contributed by atoms with E-state index in [4.69, 9.17) is 28.1 Å². The van der Waals surface area contributed by atoms with E-state index >= 15 is 0 Å². The van der Waals surface area contributed by atoms with Crippen LogP contribution in [-0.4, -0.2) is 45.6 Å².